The summed E-state index contributed by atoms with van der Waals surface area (Å²) in [5.41, 5.74) is 5.03. The minimum absolute atomic E-state index is 0.0474. The molecule has 49 heavy (non-hydrogen) atoms. The number of carbonyl (C=O) groups is 2. The Labute approximate surface area is 286 Å². The third kappa shape index (κ3) is 5.65. The maximum atomic E-state index is 15.4. The van der Waals surface area contributed by atoms with Crippen LogP contribution in [-0.2, 0) is 10.2 Å². The molecule has 0 spiro atoms. The average Bonchev–Trinajstić information content (AvgIpc) is 3.57. The molecule has 9 nitrogen and oxygen atoms in total. The summed E-state index contributed by atoms with van der Waals surface area (Å²) in [6, 6.07) is 11.3. The molecule has 2 N–H and O–H groups in total. The van der Waals surface area contributed by atoms with Gasteiger partial charge in [-0.25, -0.2) is 18.7 Å². The fourth-order valence-electron chi connectivity index (χ4n) is 7.76. The predicted molar refractivity (Wildman–Crippen MR) is 189 cm³/mol. The van der Waals surface area contributed by atoms with Crippen LogP contribution in [-0.4, -0.2) is 69.6 Å². The molecule has 11 heteroatoms. The van der Waals surface area contributed by atoms with Crippen molar-refractivity contribution in [3.8, 4) is 11.3 Å². The Morgan fingerprint density at radius 2 is 1.92 bits per heavy atom. The largest absolute Gasteiger partial charge is 0.355 e. The van der Waals surface area contributed by atoms with Crippen LogP contribution >= 0.6 is 0 Å². The number of benzene rings is 2. The van der Waals surface area contributed by atoms with Crippen molar-refractivity contribution in [2.24, 2.45) is 0 Å². The number of halogens is 2. The number of piperidine rings is 1. The molecule has 258 valence electrons. The molecule has 2 amide bonds. The lowest BCUT2D eigenvalue weighted by Gasteiger charge is -2.48. The Hall–Kier alpha value is -4.38. The number of hydrogen-bond donors (Lipinski definition) is 2. The Morgan fingerprint density at radius 1 is 1.14 bits per heavy atom. The normalized spacial score (nSPS) is 22.6. The Morgan fingerprint density at radius 3 is 2.63 bits per heavy atom. The maximum Gasteiger partial charge on any atom is 0.251 e. The van der Waals surface area contributed by atoms with Gasteiger partial charge >= 0.3 is 0 Å². The van der Waals surface area contributed by atoms with Gasteiger partial charge in [0, 0.05) is 48.5 Å². The molecule has 2 fully saturated rings. The summed E-state index contributed by atoms with van der Waals surface area (Å²) < 4.78 is 31.6. The topological polar surface area (TPSA) is 95.4 Å². The Balaban J connectivity index is 1.28. The number of rotatable bonds is 8. The van der Waals surface area contributed by atoms with Gasteiger partial charge < -0.3 is 20.1 Å². The third-order valence-electron chi connectivity index (χ3n) is 11.0. The van der Waals surface area contributed by atoms with Gasteiger partial charge in [-0.3, -0.25) is 14.5 Å². The molecule has 0 radical (unpaired) electrons. The van der Waals surface area contributed by atoms with Gasteiger partial charge in [-0.15, -0.1) is 0 Å². The van der Waals surface area contributed by atoms with Crippen LogP contribution in [0.4, 0.5) is 26.0 Å². The minimum atomic E-state index is -0.773. The van der Waals surface area contributed by atoms with E-state index in [1.165, 1.54) is 12.1 Å². The molecule has 1 saturated heterocycles. The number of nitrogens with one attached hydrogen (secondary N) is 2. The summed E-state index contributed by atoms with van der Waals surface area (Å²) >= 11 is 0. The van der Waals surface area contributed by atoms with E-state index in [2.05, 4.69) is 29.4 Å². The van der Waals surface area contributed by atoms with Crippen molar-refractivity contribution < 1.29 is 18.4 Å². The van der Waals surface area contributed by atoms with Crippen LogP contribution in [0.25, 0.3) is 22.3 Å². The first-order chi connectivity index (χ1) is 23.4. The summed E-state index contributed by atoms with van der Waals surface area (Å²) in [6.45, 7) is 11.2. The summed E-state index contributed by atoms with van der Waals surface area (Å²) in [5, 5.41) is 5.84. The van der Waals surface area contributed by atoms with E-state index in [1.807, 2.05) is 47.6 Å². The van der Waals surface area contributed by atoms with Gasteiger partial charge in [0.15, 0.2) is 5.82 Å². The molecular weight excluding hydrogens is 624 g/mol. The van der Waals surface area contributed by atoms with Crippen molar-refractivity contribution in [3.05, 3.63) is 65.2 Å². The van der Waals surface area contributed by atoms with E-state index in [0.717, 1.165) is 54.6 Å². The fourth-order valence-corrected chi connectivity index (χ4v) is 7.76. The highest BCUT2D eigenvalue weighted by atomic mass is 19.1. The summed E-state index contributed by atoms with van der Waals surface area (Å²) in [4.78, 5) is 40.5. The molecule has 0 bridgehead atoms. The van der Waals surface area contributed by atoms with Crippen molar-refractivity contribution in [1.29, 1.82) is 0 Å². The number of alkyl halides is 1. The van der Waals surface area contributed by atoms with Gasteiger partial charge in [-0.1, -0.05) is 19.1 Å². The van der Waals surface area contributed by atoms with E-state index < -0.39 is 17.4 Å². The van der Waals surface area contributed by atoms with Gasteiger partial charge in [-0.05, 0) is 102 Å². The molecule has 7 rings (SSSR count). The number of carbonyl (C=O) groups excluding carboxylic acids is 2. The summed E-state index contributed by atoms with van der Waals surface area (Å²) in [6.07, 6.45) is 5.01. The SMILES string of the molecule is CC[C@H](C)n1cnc2cc(-c3ccc4c(c3)N([C@H]3C[C@@H](N5CCC[C@@H](F)C5)C3)C(=O)C4(C)C)nc(Nc3cc(C(=O)NC)c(C)cc3F)c21. The predicted octanol–water partition coefficient (Wildman–Crippen LogP) is 7.21. The third-order valence-corrected chi connectivity index (χ3v) is 11.0. The molecule has 2 aliphatic heterocycles. The number of hydrogen-bond acceptors (Lipinski definition) is 6. The minimum Gasteiger partial charge on any atom is -0.355 e. The number of fused-ring (bicyclic) bond motifs is 2. The molecular formula is C38H45F2N7O2. The van der Waals surface area contributed by atoms with Gasteiger partial charge in [0.2, 0.25) is 5.91 Å². The number of aromatic nitrogens is 3. The molecule has 1 aliphatic carbocycles. The molecule has 4 heterocycles. The van der Waals surface area contributed by atoms with Gasteiger partial charge in [-0.2, -0.15) is 0 Å². The highest BCUT2D eigenvalue weighted by Gasteiger charge is 2.50. The molecule has 3 aliphatic rings. The summed E-state index contributed by atoms with van der Waals surface area (Å²) in [5.74, 6) is -0.318. The lowest BCUT2D eigenvalue weighted by Crippen LogP contribution is -2.58. The standard InChI is InChI=1S/C38H45F2N7O2/c1-7-22(3)46-20-42-32-18-30(43-35(34(32)46)44-31-17-27(36(48)41-6)21(2)13-29(31)40)23-10-11-28-33(14-23)47(37(49)38(28,4)5)26-15-25(16-26)45-12-8-9-24(39)19-45/h10-11,13-14,17-18,20,22,24-26H,7-9,12,15-16,19H2,1-6H3,(H,41,48)(H,43,44)/t22-,24+,25-,26+/m0/s1. The zero-order valence-corrected chi connectivity index (χ0v) is 29.1. The van der Waals surface area contributed by atoms with Gasteiger partial charge in [0.1, 0.15) is 17.5 Å². The lowest BCUT2D eigenvalue weighted by atomic mass is 9.82. The average molecular weight is 670 g/mol. The van der Waals surface area contributed by atoms with Crippen LogP contribution in [0.3, 0.4) is 0 Å². The van der Waals surface area contributed by atoms with Crippen molar-refractivity contribution in [1.82, 2.24) is 24.8 Å². The van der Waals surface area contributed by atoms with Crippen LogP contribution in [0.5, 0.6) is 0 Å². The van der Waals surface area contributed by atoms with E-state index in [1.54, 1.807) is 20.3 Å². The first kappa shape index (κ1) is 33.1. The smallest absolute Gasteiger partial charge is 0.251 e. The lowest BCUT2D eigenvalue weighted by molar-refractivity contribution is -0.123. The van der Waals surface area contributed by atoms with Gasteiger partial charge in [0.05, 0.1) is 28.6 Å². The molecule has 2 aromatic carbocycles. The number of anilines is 3. The van der Waals surface area contributed by atoms with Crippen LogP contribution in [0.15, 0.2) is 42.7 Å². The second kappa shape index (κ2) is 12.5. The quantitative estimate of drug-likeness (QED) is 0.206. The van der Waals surface area contributed by atoms with E-state index in [-0.39, 0.29) is 35.6 Å². The van der Waals surface area contributed by atoms with Crippen molar-refractivity contribution in [3.63, 3.8) is 0 Å². The molecule has 2 aromatic heterocycles. The Kier molecular flexibility index (Phi) is 8.45. The van der Waals surface area contributed by atoms with Gasteiger partial charge in [0.25, 0.3) is 5.91 Å². The summed E-state index contributed by atoms with van der Waals surface area (Å²) in [7, 11) is 1.54. The highest BCUT2D eigenvalue weighted by molar-refractivity contribution is 6.09. The number of amides is 2. The van der Waals surface area contributed by atoms with E-state index in [9.17, 15) is 14.0 Å². The zero-order valence-electron chi connectivity index (χ0n) is 29.1. The van der Waals surface area contributed by atoms with E-state index in [4.69, 9.17) is 9.97 Å². The molecule has 4 aromatic rings. The Bertz CT molecular complexity index is 1950. The molecule has 1 saturated carbocycles. The zero-order chi connectivity index (χ0) is 34.8. The first-order valence-corrected chi connectivity index (χ1v) is 17.4. The molecule has 0 unspecified atom stereocenters. The van der Waals surface area contributed by atoms with Crippen molar-refractivity contribution in [2.45, 2.75) is 96.4 Å². The monoisotopic (exact) mass is 669 g/mol. The number of likely N-dealkylation sites (tertiary alicyclic amines) is 1. The first-order valence-electron chi connectivity index (χ1n) is 17.4. The second-order valence-corrected chi connectivity index (χ2v) is 14.5. The van der Waals surface area contributed by atoms with Crippen molar-refractivity contribution >= 4 is 40.0 Å². The maximum absolute atomic E-state index is 15.4. The van der Waals surface area contributed by atoms with Crippen LogP contribution < -0.4 is 15.5 Å². The van der Waals surface area contributed by atoms with Crippen LogP contribution in [0.2, 0.25) is 0 Å². The number of nitrogens with zero attached hydrogens (tertiary/aromatic N) is 5. The number of pyridine rings is 1. The number of aryl methyl sites for hydroxylation is 1. The molecule has 2 atom stereocenters. The van der Waals surface area contributed by atoms with E-state index >= 15 is 4.39 Å². The highest BCUT2D eigenvalue weighted by Crippen LogP contribution is 2.48. The van der Waals surface area contributed by atoms with Crippen LogP contribution in [0.1, 0.15) is 87.3 Å². The van der Waals surface area contributed by atoms with E-state index in [0.29, 0.717) is 41.1 Å². The second-order valence-electron chi connectivity index (χ2n) is 14.5. The van der Waals surface area contributed by atoms with Crippen molar-refractivity contribution in [2.75, 3.05) is 30.4 Å². The fraction of sp³-hybridized carbons (Fsp3) is 0.474. The van der Waals surface area contributed by atoms with Crippen LogP contribution in [0, 0.1) is 12.7 Å². The number of imidazole rings is 1.